The van der Waals surface area contributed by atoms with E-state index < -0.39 is 17.6 Å². The maximum atomic E-state index is 14.0. The summed E-state index contributed by atoms with van der Waals surface area (Å²) in [5, 5.41) is 0. The number of anilines is 1. The summed E-state index contributed by atoms with van der Waals surface area (Å²) < 4.78 is 32.6. The second-order valence-electron chi connectivity index (χ2n) is 3.94. The first-order valence-electron chi connectivity index (χ1n) is 6.10. The van der Waals surface area contributed by atoms with Crippen LogP contribution in [0.25, 0.3) is 0 Å². The lowest BCUT2D eigenvalue weighted by Gasteiger charge is -2.23. The number of hydrogen-bond acceptors (Lipinski definition) is 4. The van der Waals surface area contributed by atoms with E-state index in [0.29, 0.717) is 6.54 Å². The van der Waals surface area contributed by atoms with Crippen molar-refractivity contribution in [2.45, 2.75) is 13.8 Å². The van der Waals surface area contributed by atoms with Crippen LogP contribution in [0.2, 0.25) is 0 Å². The molecule has 0 saturated heterocycles. The van der Waals surface area contributed by atoms with Crippen molar-refractivity contribution in [3.8, 4) is 0 Å². The quantitative estimate of drug-likeness (QED) is 0.643. The minimum absolute atomic E-state index is 0.0296. The zero-order valence-electron chi connectivity index (χ0n) is 11.3. The molecule has 0 unspecified atom stereocenters. The highest BCUT2D eigenvalue weighted by Crippen LogP contribution is 2.24. The van der Waals surface area contributed by atoms with E-state index in [2.05, 4.69) is 12.2 Å². The van der Waals surface area contributed by atoms with Gasteiger partial charge in [-0.05, 0) is 26.0 Å². The summed E-state index contributed by atoms with van der Waals surface area (Å²) in [6, 6.07) is 2.64. The Hall–Kier alpha value is -1.76. The van der Waals surface area contributed by atoms with Crippen LogP contribution in [0.1, 0.15) is 19.4 Å². The SMILES string of the molecule is CCOC(=O)CN(CC)c1ccc(C(N)=S)c(F)c1F. The lowest BCUT2D eigenvalue weighted by atomic mass is 10.1. The van der Waals surface area contributed by atoms with Crippen LogP contribution in [0.3, 0.4) is 0 Å². The highest BCUT2D eigenvalue weighted by molar-refractivity contribution is 7.80. The number of thiocarbonyl (C=S) groups is 1. The summed E-state index contributed by atoms with van der Waals surface area (Å²) in [4.78, 5) is 12.6. The first-order chi connectivity index (χ1) is 9.42. The molecule has 0 radical (unpaired) electrons. The molecule has 0 fully saturated rings. The lowest BCUT2D eigenvalue weighted by Crippen LogP contribution is -2.32. The molecule has 20 heavy (non-hydrogen) atoms. The number of carbonyl (C=O) groups is 1. The molecule has 4 nitrogen and oxygen atoms in total. The van der Waals surface area contributed by atoms with Crippen molar-refractivity contribution in [2.75, 3.05) is 24.6 Å². The minimum Gasteiger partial charge on any atom is -0.465 e. The number of ether oxygens (including phenoxy) is 1. The van der Waals surface area contributed by atoms with E-state index in [-0.39, 0.29) is 29.4 Å². The fraction of sp³-hybridized carbons (Fsp3) is 0.385. The monoisotopic (exact) mass is 302 g/mol. The molecule has 0 heterocycles. The highest BCUT2D eigenvalue weighted by Gasteiger charge is 2.20. The average molecular weight is 302 g/mol. The van der Waals surface area contributed by atoms with Crippen LogP contribution in [0.4, 0.5) is 14.5 Å². The third-order valence-electron chi connectivity index (χ3n) is 2.68. The summed E-state index contributed by atoms with van der Waals surface area (Å²) >= 11 is 4.63. The van der Waals surface area contributed by atoms with Gasteiger partial charge >= 0.3 is 5.97 Å². The van der Waals surface area contributed by atoms with Crippen molar-refractivity contribution in [3.05, 3.63) is 29.3 Å². The Bertz CT molecular complexity index is 523. The number of halogens is 2. The van der Waals surface area contributed by atoms with E-state index in [1.807, 2.05) is 0 Å². The average Bonchev–Trinajstić information content (AvgIpc) is 2.39. The Labute approximate surface area is 121 Å². The van der Waals surface area contributed by atoms with E-state index in [0.717, 1.165) is 0 Å². The molecule has 1 aromatic rings. The van der Waals surface area contributed by atoms with Crippen LogP contribution >= 0.6 is 12.2 Å². The van der Waals surface area contributed by atoms with Crippen molar-refractivity contribution >= 4 is 28.9 Å². The summed E-state index contributed by atoms with van der Waals surface area (Å²) in [5.74, 6) is -2.70. The van der Waals surface area contributed by atoms with E-state index >= 15 is 0 Å². The number of nitrogens with zero attached hydrogens (tertiary/aromatic N) is 1. The second kappa shape index (κ2) is 7.14. The van der Waals surface area contributed by atoms with Gasteiger partial charge in [0.05, 0.1) is 12.3 Å². The Kier molecular flexibility index (Phi) is 5.82. The van der Waals surface area contributed by atoms with Crippen LogP contribution in [0.15, 0.2) is 12.1 Å². The number of nitrogens with two attached hydrogens (primary N) is 1. The molecule has 0 aliphatic rings. The molecule has 0 aliphatic carbocycles. The van der Waals surface area contributed by atoms with Crippen molar-refractivity contribution in [3.63, 3.8) is 0 Å². The standard InChI is InChI=1S/C13H16F2N2O2S/c1-3-17(7-10(18)19-4-2)9-6-5-8(13(16)20)11(14)12(9)15/h5-6H,3-4,7H2,1-2H3,(H2,16,20). The number of rotatable bonds is 6. The Morgan fingerprint density at radius 3 is 2.50 bits per heavy atom. The van der Waals surface area contributed by atoms with Gasteiger partial charge in [0.15, 0.2) is 11.6 Å². The van der Waals surface area contributed by atoms with Gasteiger partial charge in [-0.1, -0.05) is 12.2 Å². The van der Waals surface area contributed by atoms with Crippen LogP contribution in [-0.2, 0) is 9.53 Å². The van der Waals surface area contributed by atoms with Crippen LogP contribution in [0, 0.1) is 11.6 Å². The fourth-order valence-corrected chi connectivity index (χ4v) is 1.86. The van der Waals surface area contributed by atoms with E-state index in [9.17, 15) is 13.6 Å². The molecule has 0 spiro atoms. The third kappa shape index (κ3) is 3.63. The predicted molar refractivity (Wildman–Crippen MR) is 76.8 cm³/mol. The maximum Gasteiger partial charge on any atom is 0.325 e. The van der Waals surface area contributed by atoms with E-state index in [4.69, 9.17) is 10.5 Å². The summed E-state index contributed by atoms with van der Waals surface area (Å²) in [6.07, 6.45) is 0. The second-order valence-corrected chi connectivity index (χ2v) is 4.38. The third-order valence-corrected chi connectivity index (χ3v) is 2.89. The number of benzene rings is 1. The van der Waals surface area contributed by atoms with Gasteiger partial charge in [0.25, 0.3) is 0 Å². The van der Waals surface area contributed by atoms with Crippen molar-refractivity contribution in [1.82, 2.24) is 0 Å². The van der Waals surface area contributed by atoms with Crippen LogP contribution in [0.5, 0.6) is 0 Å². The number of esters is 1. The molecule has 0 aromatic heterocycles. The van der Waals surface area contributed by atoms with Gasteiger partial charge < -0.3 is 15.4 Å². The molecule has 0 amide bonds. The molecular formula is C13H16F2N2O2S. The van der Waals surface area contributed by atoms with Crippen LogP contribution < -0.4 is 10.6 Å². The zero-order chi connectivity index (χ0) is 15.3. The number of carbonyl (C=O) groups excluding carboxylic acids is 1. The number of hydrogen-bond donors (Lipinski definition) is 1. The van der Waals surface area contributed by atoms with Gasteiger partial charge in [-0.3, -0.25) is 4.79 Å². The molecule has 0 aliphatic heterocycles. The topological polar surface area (TPSA) is 55.6 Å². The summed E-state index contributed by atoms with van der Waals surface area (Å²) in [6.45, 7) is 3.78. The van der Waals surface area contributed by atoms with E-state index in [1.165, 1.54) is 17.0 Å². The van der Waals surface area contributed by atoms with Gasteiger partial charge in [0, 0.05) is 12.1 Å². The van der Waals surface area contributed by atoms with Crippen molar-refractivity contribution in [2.24, 2.45) is 5.73 Å². The molecule has 7 heteroatoms. The van der Waals surface area contributed by atoms with Gasteiger partial charge in [0.2, 0.25) is 0 Å². The van der Waals surface area contributed by atoms with Gasteiger partial charge in [-0.25, -0.2) is 8.78 Å². The molecule has 1 aromatic carbocycles. The van der Waals surface area contributed by atoms with Gasteiger partial charge in [-0.2, -0.15) is 0 Å². The molecule has 1 rings (SSSR count). The predicted octanol–water partition coefficient (Wildman–Crippen LogP) is 1.99. The summed E-state index contributed by atoms with van der Waals surface area (Å²) in [5.41, 5.74) is 5.11. The molecule has 110 valence electrons. The fourth-order valence-electron chi connectivity index (χ4n) is 1.70. The molecular weight excluding hydrogens is 286 g/mol. The first kappa shape index (κ1) is 16.3. The number of likely N-dealkylation sites (N-methyl/N-ethyl adjacent to an activating group) is 1. The molecule has 2 N–H and O–H groups in total. The molecule has 0 bridgehead atoms. The van der Waals surface area contributed by atoms with Crippen molar-refractivity contribution in [1.29, 1.82) is 0 Å². The summed E-state index contributed by atoms with van der Waals surface area (Å²) in [7, 11) is 0. The van der Waals surface area contributed by atoms with Gasteiger partial charge in [0.1, 0.15) is 11.5 Å². The zero-order valence-corrected chi connectivity index (χ0v) is 12.1. The lowest BCUT2D eigenvalue weighted by molar-refractivity contribution is -0.141. The van der Waals surface area contributed by atoms with Crippen molar-refractivity contribution < 1.29 is 18.3 Å². The Morgan fingerprint density at radius 2 is 2.00 bits per heavy atom. The Morgan fingerprint density at radius 1 is 1.35 bits per heavy atom. The first-order valence-corrected chi connectivity index (χ1v) is 6.51. The normalized spacial score (nSPS) is 10.2. The van der Waals surface area contributed by atoms with E-state index in [1.54, 1.807) is 13.8 Å². The van der Waals surface area contributed by atoms with Gasteiger partial charge in [-0.15, -0.1) is 0 Å². The largest absolute Gasteiger partial charge is 0.465 e. The maximum absolute atomic E-state index is 14.0. The molecule has 0 saturated carbocycles. The van der Waals surface area contributed by atoms with Crippen LogP contribution in [-0.4, -0.2) is 30.7 Å². The highest BCUT2D eigenvalue weighted by atomic mass is 32.1. The minimum atomic E-state index is -1.11. The molecule has 0 atom stereocenters. The smallest absolute Gasteiger partial charge is 0.325 e. The Balaban J connectivity index is 3.08.